The second-order valence-electron chi connectivity index (χ2n) is 5.00. The molecule has 1 rings (SSSR count). The van der Waals surface area contributed by atoms with E-state index in [-0.39, 0.29) is 0 Å². The summed E-state index contributed by atoms with van der Waals surface area (Å²) in [6.07, 6.45) is 0.583. The zero-order valence-electron chi connectivity index (χ0n) is 9.26. The van der Waals surface area contributed by atoms with Crippen LogP contribution < -0.4 is 0 Å². The lowest BCUT2D eigenvalue weighted by atomic mass is 10.0. The summed E-state index contributed by atoms with van der Waals surface area (Å²) in [6, 6.07) is 0.685. The standard InChI is InChI=1S/C10H22N2/c1-8-7-11(6)9(2)12(8)10(3,4)5/h8-9H,7H2,1-6H3. The fourth-order valence-corrected chi connectivity index (χ4v) is 2.46. The Balaban J connectivity index is 2.77. The molecule has 72 valence electrons. The molecule has 0 bridgehead atoms. The highest BCUT2D eigenvalue weighted by atomic mass is 15.4. The Bertz CT molecular complexity index is 160. The highest BCUT2D eigenvalue weighted by Gasteiger charge is 2.38. The Hall–Kier alpha value is -0.0800. The number of likely N-dealkylation sites (N-methyl/N-ethyl adjacent to an activating group) is 1. The van der Waals surface area contributed by atoms with Crippen LogP contribution in [0.2, 0.25) is 0 Å². The van der Waals surface area contributed by atoms with E-state index in [1.807, 2.05) is 0 Å². The van der Waals surface area contributed by atoms with E-state index in [4.69, 9.17) is 0 Å². The minimum atomic E-state index is 0.295. The third-order valence-electron chi connectivity index (χ3n) is 2.84. The first-order valence-electron chi connectivity index (χ1n) is 4.82. The summed E-state index contributed by atoms with van der Waals surface area (Å²) in [5.74, 6) is 0. The highest BCUT2D eigenvalue weighted by molar-refractivity contribution is 4.91. The summed E-state index contributed by atoms with van der Waals surface area (Å²) in [7, 11) is 2.20. The zero-order valence-corrected chi connectivity index (χ0v) is 9.26. The van der Waals surface area contributed by atoms with Crippen molar-refractivity contribution in [3.63, 3.8) is 0 Å². The molecular formula is C10H22N2. The van der Waals surface area contributed by atoms with Gasteiger partial charge in [-0.15, -0.1) is 0 Å². The van der Waals surface area contributed by atoms with Crippen LogP contribution in [0, 0.1) is 0 Å². The van der Waals surface area contributed by atoms with Crippen LogP contribution in [0.25, 0.3) is 0 Å². The van der Waals surface area contributed by atoms with Crippen molar-refractivity contribution < 1.29 is 0 Å². The molecule has 0 spiro atoms. The summed E-state index contributed by atoms with van der Waals surface area (Å²) < 4.78 is 0. The topological polar surface area (TPSA) is 6.48 Å². The van der Waals surface area contributed by atoms with Crippen LogP contribution in [0.1, 0.15) is 34.6 Å². The molecule has 0 saturated carbocycles. The van der Waals surface area contributed by atoms with E-state index in [0.29, 0.717) is 17.7 Å². The molecule has 2 heteroatoms. The predicted octanol–water partition coefficient (Wildman–Crippen LogP) is 1.77. The van der Waals surface area contributed by atoms with E-state index >= 15 is 0 Å². The molecule has 0 aromatic heterocycles. The Morgan fingerprint density at radius 3 is 1.83 bits per heavy atom. The zero-order chi connectivity index (χ0) is 9.52. The molecule has 0 aromatic rings. The van der Waals surface area contributed by atoms with Crippen molar-refractivity contribution in [1.82, 2.24) is 9.80 Å². The van der Waals surface area contributed by atoms with Gasteiger partial charge in [0.05, 0.1) is 6.17 Å². The van der Waals surface area contributed by atoms with Gasteiger partial charge < -0.3 is 0 Å². The average Bonchev–Trinajstić information content (AvgIpc) is 2.05. The highest BCUT2D eigenvalue weighted by Crippen LogP contribution is 2.27. The van der Waals surface area contributed by atoms with Crippen molar-refractivity contribution in [2.75, 3.05) is 13.6 Å². The second-order valence-corrected chi connectivity index (χ2v) is 5.00. The van der Waals surface area contributed by atoms with E-state index in [0.717, 1.165) is 0 Å². The van der Waals surface area contributed by atoms with Crippen molar-refractivity contribution in [1.29, 1.82) is 0 Å². The van der Waals surface area contributed by atoms with Crippen molar-refractivity contribution >= 4 is 0 Å². The number of hydrogen-bond donors (Lipinski definition) is 0. The van der Waals surface area contributed by atoms with Gasteiger partial charge in [-0.3, -0.25) is 9.80 Å². The van der Waals surface area contributed by atoms with Gasteiger partial charge in [0.25, 0.3) is 0 Å². The predicted molar refractivity (Wildman–Crippen MR) is 53.1 cm³/mol. The molecule has 1 aliphatic rings. The molecule has 1 aliphatic heterocycles. The van der Waals surface area contributed by atoms with Crippen LogP contribution in [0.4, 0.5) is 0 Å². The van der Waals surface area contributed by atoms with E-state index in [1.165, 1.54) is 6.54 Å². The third kappa shape index (κ3) is 1.64. The molecule has 0 aromatic carbocycles. The maximum absolute atomic E-state index is 2.58. The van der Waals surface area contributed by atoms with Gasteiger partial charge in [0.15, 0.2) is 0 Å². The third-order valence-corrected chi connectivity index (χ3v) is 2.84. The molecule has 12 heavy (non-hydrogen) atoms. The Morgan fingerprint density at radius 1 is 1.17 bits per heavy atom. The Morgan fingerprint density at radius 2 is 1.67 bits per heavy atom. The summed E-state index contributed by atoms with van der Waals surface area (Å²) in [5.41, 5.74) is 0.295. The van der Waals surface area contributed by atoms with Crippen molar-refractivity contribution in [2.24, 2.45) is 0 Å². The molecule has 1 heterocycles. The quantitative estimate of drug-likeness (QED) is 0.546. The van der Waals surface area contributed by atoms with Gasteiger partial charge in [-0.05, 0) is 41.7 Å². The van der Waals surface area contributed by atoms with Gasteiger partial charge in [-0.2, -0.15) is 0 Å². The maximum Gasteiger partial charge on any atom is 0.0598 e. The van der Waals surface area contributed by atoms with Crippen molar-refractivity contribution in [3.05, 3.63) is 0 Å². The van der Waals surface area contributed by atoms with Gasteiger partial charge in [0.2, 0.25) is 0 Å². The van der Waals surface area contributed by atoms with Crippen LogP contribution in [-0.2, 0) is 0 Å². The van der Waals surface area contributed by atoms with Crippen LogP contribution in [0.15, 0.2) is 0 Å². The fraction of sp³-hybridized carbons (Fsp3) is 1.00. The molecule has 0 aliphatic carbocycles. The molecule has 1 saturated heterocycles. The summed E-state index contributed by atoms with van der Waals surface area (Å²) in [6.45, 7) is 12.7. The first-order valence-corrected chi connectivity index (χ1v) is 4.82. The normalized spacial score (nSPS) is 34.5. The molecule has 2 nitrogen and oxygen atoms in total. The summed E-state index contributed by atoms with van der Waals surface area (Å²) >= 11 is 0. The van der Waals surface area contributed by atoms with Gasteiger partial charge in [0.1, 0.15) is 0 Å². The van der Waals surface area contributed by atoms with Gasteiger partial charge in [-0.25, -0.2) is 0 Å². The van der Waals surface area contributed by atoms with Gasteiger partial charge in [0, 0.05) is 18.1 Å². The van der Waals surface area contributed by atoms with Gasteiger partial charge >= 0.3 is 0 Å². The lowest BCUT2D eigenvalue weighted by Gasteiger charge is -2.39. The minimum Gasteiger partial charge on any atom is -0.290 e. The Kier molecular flexibility index (Phi) is 2.50. The van der Waals surface area contributed by atoms with E-state index in [1.54, 1.807) is 0 Å². The molecule has 2 unspecified atom stereocenters. The monoisotopic (exact) mass is 170 g/mol. The van der Waals surface area contributed by atoms with Crippen LogP contribution in [-0.4, -0.2) is 41.1 Å². The van der Waals surface area contributed by atoms with Crippen LogP contribution in [0.5, 0.6) is 0 Å². The number of rotatable bonds is 0. The molecule has 1 fully saturated rings. The molecule has 0 radical (unpaired) electrons. The smallest absolute Gasteiger partial charge is 0.0598 e. The molecule has 0 amide bonds. The molecular weight excluding hydrogens is 148 g/mol. The lowest BCUT2D eigenvalue weighted by molar-refractivity contribution is 0.0611. The first kappa shape index (κ1) is 10.0. The van der Waals surface area contributed by atoms with Crippen LogP contribution >= 0.6 is 0 Å². The van der Waals surface area contributed by atoms with Crippen LogP contribution in [0.3, 0.4) is 0 Å². The van der Waals surface area contributed by atoms with Crippen molar-refractivity contribution in [2.45, 2.75) is 52.4 Å². The summed E-state index contributed by atoms with van der Waals surface area (Å²) in [4.78, 5) is 4.99. The Labute approximate surface area is 76.5 Å². The number of hydrogen-bond acceptors (Lipinski definition) is 2. The first-order chi connectivity index (χ1) is 5.34. The largest absolute Gasteiger partial charge is 0.290 e. The van der Waals surface area contributed by atoms with E-state index in [2.05, 4.69) is 51.5 Å². The van der Waals surface area contributed by atoms with Crippen molar-refractivity contribution in [3.8, 4) is 0 Å². The van der Waals surface area contributed by atoms with Gasteiger partial charge in [-0.1, -0.05) is 0 Å². The van der Waals surface area contributed by atoms with E-state index < -0.39 is 0 Å². The SMILES string of the molecule is CC1CN(C)C(C)N1C(C)(C)C. The maximum atomic E-state index is 2.58. The lowest BCUT2D eigenvalue weighted by Crippen LogP contribution is -2.48. The second kappa shape index (κ2) is 3.00. The molecule has 0 N–H and O–H groups in total. The molecule has 2 atom stereocenters. The fourth-order valence-electron chi connectivity index (χ4n) is 2.46. The average molecular weight is 170 g/mol. The summed E-state index contributed by atoms with van der Waals surface area (Å²) in [5, 5.41) is 0. The van der Waals surface area contributed by atoms with E-state index in [9.17, 15) is 0 Å². The number of nitrogens with zero attached hydrogens (tertiary/aromatic N) is 2. The minimum absolute atomic E-state index is 0.295.